The minimum Gasteiger partial charge on any atom is -0.493 e. The second kappa shape index (κ2) is 3.52. The second-order valence-corrected chi connectivity index (χ2v) is 4.12. The van der Waals surface area contributed by atoms with Crippen LogP contribution in [0.4, 0.5) is 0 Å². The van der Waals surface area contributed by atoms with Gasteiger partial charge in [-0.15, -0.1) is 0 Å². The highest BCUT2D eigenvalue weighted by Gasteiger charge is 2.23. The van der Waals surface area contributed by atoms with Gasteiger partial charge in [0.15, 0.2) is 17.3 Å². The number of ether oxygens (including phenoxy) is 2. The minimum absolute atomic E-state index is 0.208. The molecule has 0 spiro atoms. The third-order valence-corrected chi connectivity index (χ3v) is 3.25. The SMILES string of the molecule is COc1cc2cc3n(c2cc1OC)CCC3=O. The molecule has 1 aromatic heterocycles. The van der Waals surface area contributed by atoms with Gasteiger partial charge < -0.3 is 14.0 Å². The summed E-state index contributed by atoms with van der Waals surface area (Å²) in [5, 5.41) is 1.02. The Hall–Kier alpha value is -1.97. The number of fused-ring (bicyclic) bond motifs is 3. The molecule has 88 valence electrons. The van der Waals surface area contributed by atoms with Gasteiger partial charge in [-0.1, -0.05) is 0 Å². The molecule has 0 radical (unpaired) electrons. The lowest BCUT2D eigenvalue weighted by atomic mass is 10.2. The molecule has 0 aliphatic carbocycles. The summed E-state index contributed by atoms with van der Waals surface area (Å²) in [5.41, 5.74) is 1.82. The van der Waals surface area contributed by atoms with Crippen molar-refractivity contribution in [2.45, 2.75) is 13.0 Å². The molecule has 17 heavy (non-hydrogen) atoms. The quantitative estimate of drug-likeness (QED) is 0.795. The van der Waals surface area contributed by atoms with Crippen molar-refractivity contribution in [3.63, 3.8) is 0 Å². The van der Waals surface area contributed by atoms with Crippen molar-refractivity contribution in [3.8, 4) is 11.5 Å². The second-order valence-electron chi connectivity index (χ2n) is 4.12. The van der Waals surface area contributed by atoms with E-state index in [1.807, 2.05) is 22.8 Å². The summed E-state index contributed by atoms with van der Waals surface area (Å²) in [4.78, 5) is 11.7. The Balaban J connectivity index is 2.30. The van der Waals surface area contributed by atoms with Crippen LogP contribution in [-0.2, 0) is 6.54 Å². The summed E-state index contributed by atoms with van der Waals surface area (Å²) < 4.78 is 12.6. The van der Waals surface area contributed by atoms with Crippen LogP contribution < -0.4 is 9.47 Å². The molecule has 0 bridgehead atoms. The van der Waals surface area contributed by atoms with Crippen LogP contribution in [0.1, 0.15) is 16.9 Å². The molecular formula is C13H13NO3. The Morgan fingerprint density at radius 1 is 1.12 bits per heavy atom. The summed E-state index contributed by atoms with van der Waals surface area (Å²) >= 11 is 0. The van der Waals surface area contributed by atoms with E-state index in [0.29, 0.717) is 17.9 Å². The molecule has 0 amide bonds. The number of aryl methyl sites for hydroxylation is 1. The Bertz CT molecular complexity index is 613. The molecule has 4 heteroatoms. The van der Waals surface area contributed by atoms with Crippen molar-refractivity contribution in [1.82, 2.24) is 4.57 Å². The molecule has 1 aromatic carbocycles. The van der Waals surface area contributed by atoms with E-state index < -0.39 is 0 Å². The lowest BCUT2D eigenvalue weighted by Gasteiger charge is -2.08. The van der Waals surface area contributed by atoms with Gasteiger partial charge in [-0.2, -0.15) is 0 Å². The number of Topliss-reactive ketones (excluding diaryl/α,β-unsaturated/α-hetero) is 1. The Morgan fingerprint density at radius 2 is 1.82 bits per heavy atom. The van der Waals surface area contributed by atoms with Crippen LogP contribution in [0.5, 0.6) is 11.5 Å². The maximum atomic E-state index is 11.7. The highest BCUT2D eigenvalue weighted by molar-refractivity contribution is 6.02. The molecule has 0 fully saturated rings. The standard InChI is InChI=1S/C13H13NO3/c1-16-12-6-8-5-10-11(15)3-4-14(10)9(8)7-13(12)17-2/h5-7H,3-4H2,1-2H3. The van der Waals surface area contributed by atoms with Crippen molar-refractivity contribution >= 4 is 16.7 Å². The Labute approximate surface area is 98.7 Å². The summed E-state index contributed by atoms with van der Waals surface area (Å²) in [5.74, 6) is 1.59. The van der Waals surface area contributed by atoms with Crippen LogP contribution in [-0.4, -0.2) is 24.6 Å². The maximum Gasteiger partial charge on any atom is 0.181 e. The van der Waals surface area contributed by atoms with Crippen molar-refractivity contribution in [1.29, 1.82) is 0 Å². The number of carbonyl (C=O) groups is 1. The number of hydrogen-bond donors (Lipinski definition) is 0. The minimum atomic E-state index is 0.208. The molecule has 2 aromatic rings. The van der Waals surface area contributed by atoms with Crippen molar-refractivity contribution in [2.75, 3.05) is 14.2 Å². The first-order valence-electron chi connectivity index (χ1n) is 5.53. The van der Waals surface area contributed by atoms with Crippen molar-refractivity contribution in [3.05, 3.63) is 23.9 Å². The van der Waals surface area contributed by atoms with Gasteiger partial charge in [-0.3, -0.25) is 4.79 Å². The number of ketones is 1. The third-order valence-electron chi connectivity index (χ3n) is 3.25. The monoisotopic (exact) mass is 231 g/mol. The summed E-state index contributed by atoms with van der Waals surface area (Å²) in [7, 11) is 3.22. The Kier molecular flexibility index (Phi) is 2.11. The molecular weight excluding hydrogens is 218 g/mol. The van der Waals surface area contributed by atoms with Gasteiger partial charge in [-0.05, 0) is 12.1 Å². The molecule has 0 atom stereocenters. The third kappa shape index (κ3) is 1.33. The van der Waals surface area contributed by atoms with E-state index in [4.69, 9.17) is 9.47 Å². The summed E-state index contributed by atoms with van der Waals surface area (Å²) in [6.07, 6.45) is 0.597. The number of nitrogens with zero attached hydrogens (tertiary/aromatic N) is 1. The number of benzene rings is 1. The number of aromatic nitrogens is 1. The van der Waals surface area contributed by atoms with Gasteiger partial charge >= 0.3 is 0 Å². The van der Waals surface area contributed by atoms with Gasteiger partial charge in [0.25, 0.3) is 0 Å². The number of hydrogen-bond acceptors (Lipinski definition) is 3. The molecule has 0 saturated heterocycles. The van der Waals surface area contributed by atoms with Gasteiger partial charge in [0, 0.05) is 24.4 Å². The topological polar surface area (TPSA) is 40.5 Å². The molecule has 2 heterocycles. The molecule has 0 saturated carbocycles. The smallest absolute Gasteiger partial charge is 0.181 e. The van der Waals surface area contributed by atoms with E-state index in [9.17, 15) is 4.79 Å². The first-order chi connectivity index (χ1) is 8.24. The molecule has 3 rings (SSSR count). The summed E-state index contributed by atoms with van der Waals surface area (Å²) in [6.45, 7) is 0.757. The Morgan fingerprint density at radius 3 is 2.53 bits per heavy atom. The van der Waals surface area contributed by atoms with Crippen LogP contribution in [0, 0.1) is 0 Å². The predicted octanol–water partition coefficient (Wildman–Crippen LogP) is 2.24. The van der Waals surface area contributed by atoms with E-state index in [2.05, 4.69) is 0 Å². The van der Waals surface area contributed by atoms with Gasteiger partial charge in [0.1, 0.15) is 0 Å². The normalized spacial score (nSPS) is 14.1. The fourth-order valence-electron chi connectivity index (χ4n) is 2.40. The zero-order valence-electron chi connectivity index (χ0n) is 9.82. The first kappa shape index (κ1) is 10.2. The average molecular weight is 231 g/mol. The van der Waals surface area contributed by atoms with Gasteiger partial charge in [-0.25, -0.2) is 0 Å². The van der Waals surface area contributed by atoms with E-state index in [1.165, 1.54) is 0 Å². The number of carbonyl (C=O) groups excluding carboxylic acids is 1. The first-order valence-corrected chi connectivity index (χ1v) is 5.53. The highest BCUT2D eigenvalue weighted by Crippen LogP contribution is 2.35. The average Bonchev–Trinajstić information content (AvgIpc) is 2.87. The van der Waals surface area contributed by atoms with E-state index in [0.717, 1.165) is 23.1 Å². The number of methoxy groups -OCH3 is 2. The van der Waals surface area contributed by atoms with E-state index >= 15 is 0 Å². The van der Waals surface area contributed by atoms with Crippen LogP contribution >= 0.6 is 0 Å². The van der Waals surface area contributed by atoms with E-state index in [1.54, 1.807) is 14.2 Å². The van der Waals surface area contributed by atoms with Crippen LogP contribution in [0.15, 0.2) is 18.2 Å². The largest absolute Gasteiger partial charge is 0.493 e. The number of rotatable bonds is 2. The molecule has 0 unspecified atom stereocenters. The zero-order chi connectivity index (χ0) is 12.0. The molecule has 1 aliphatic rings. The van der Waals surface area contributed by atoms with Crippen LogP contribution in [0.3, 0.4) is 0 Å². The van der Waals surface area contributed by atoms with Crippen molar-refractivity contribution in [2.24, 2.45) is 0 Å². The predicted molar refractivity (Wildman–Crippen MR) is 64.0 cm³/mol. The lowest BCUT2D eigenvalue weighted by molar-refractivity contribution is 0.0994. The van der Waals surface area contributed by atoms with Gasteiger partial charge in [0.2, 0.25) is 0 Å². The van der Waals surface area contributed by atoms with Crippen molar-refractivity contribution < 1.29 is 14.3 Å². The molecule has 1 aliphatic heterocycles. The molecule has 0 N–H and O–H groups in total. The van der Waals surface area contributed by atoms with Gasteiger partial charge in [0.05, 0.1) is 25.4 Å². The fraction of sp³-hybridized carbons (Fsp3) is 0.308. The zero-order valence-corrected chi connectivity index (χ0v) is 9.82. The van der Waals surface area contributed by atoms with Crippen LogP contribution in [0.25, 0.3) is 10.9 Å². The fourth-order valence-corrected chi connectivity index (χ4v) is 2.40. The lowest BCUT2D eigenvalue weighted by Crippen LogP contribution is -1.94. The van der Waals surface area contributed by atoms with Crippen LogP contribution in [0.2, 0.25) is 0 Å². The highest BCUT2D eigenvalue weighted by atomic mass is 16.5. The maximum absolute atomic E-state index is 11.7. The van der Waals surface area contributed by atoms with E-state index in [-0.39, 0.29) is 5.78 Å². The summed E-state index contributed by atoms with van der Waals surface area (Å²) in [6, 6.07) is 5.76. The molecule has 4 nitrogen and oxygen atoms in total.